The van der Waals surface area contributed by atoms with Crippen molar-refractivity contribution in [1.29, 1.82) is 0 Å². The van der Waals surface area contributed by atoms with Crippen molar-refractivity contribution in [2.24, 2.45) is 5.92 Å². The maximum absolute atomic E-state index is 12.0. The zero-order chi connectivity index (χ0) is 15.4. The molecule has 8 heteroatoms. The highest BCUT2D eigenvalue weighted by molar-refractivity contribution is 5.75. The molecule has 1 N–H and O–H groups in total. The number of hydrogen-bond donors (Lipinski definition) is 1. The van der Waals surface area contributed by atoms with Gasteiger partial charge >= 0.3 is 0 Å². The largest absolute Gasteiger partial charge is 0.352 e. The van der Waals surface area contributed by atoms with E-state index in [0.29, 0.717) is 11.5 Å². The minimum Gasteiger partial charge on any atom is -0.352 e. The SMILES string of the molecule is CC1CCC(NC(=O)Cn2nnc(-c3ccncn3)n2)CC1. The van der Waals surface area contributed by atoms with Crippen LogP contribution in [0.2, 0.25) is 0 Å². The fraction of sp³-hybridized carbons (Fsp3) is 0.571. The van der Waals surface area contributed by atoms with Gasteiger partial charge in [-0.15, -0.1) is 10.2 Å². The van der Waals surface area contributed by atoms with Crippen LogP contribution in [0.3, 0.4) is 0 Å². The molecule has 1 saturated carbocycles. The Morgan fingerprint density at radius 2 is 2.18 bits per heavy atom. The predicted octanol–water partition coefficient (Wildman–Crippen LogP) is 0.825. The van der Waals surface area contributed by atoms with E-state index in [9.17, 15) is 4.79 Å². The van der Waals surface area contributed by atoms with E-state index < -0.39 is 0 Å². The highest BCUT2D eigenvalue weighted by Gasteiger charge is 2.20. The van der Waals surface area contributed by atoms with Crippen molar-refractivity contribution in [3.63, 3.8) is 0 Å². The molecule has 1 fully saturated rings. The third-order valence-electron chi connectivity index (χ3n) is 3.93. The Balaban J connectivity index is 1.55. The molecule has 1 aliphatic carbocycles. The molecule has 0 atom stereocenters. The second-order valence-corrected chi connectivity index (χ2v) is 5.76. The normalized spacial score (nSPS) is 21.5. The van der Waals surface area contributed by atoms with E-state index in [2.05, 4.69) is 37.6 Å². The Kier molecular flexibility index (Phi) is 4.36. The van der Waals surface area contributed by atoms with Crippen molar-refractivity contribution in [1.82, 2.24) is 35.5 Å². The summed E-state index contributed by atoms with van der Waals surface area (Å²) in [5.41, 5.74) is 0.586. The summed E-state index contributed by atoms with van der Waals surface area (Å²) in [5.74, 6) is 1.08. The monoisotopic (exact) mass is 301 g/mol. The van der Waals surface area contributed by atoms with Crippen molar-refractivity contribution < 1.29 is 4.79 Å². The minimum absolute atomic E-state index is 0.0735. The fourth-order valence-electron chi connectivity index (χ4n) is 2.64. The summed E-state index contributed by atoms with van der Waals surface area (Å²) in [6.45, 7) is 2.33. The first-order chi connectivity index (χ1) is 10.7. The third-order valence-corrected chi connectivity index (χ3v) is 3.93. The molecule has 1 amide bonds. The second-order valence-electron chi connectivity index (χ2n) is 5.76. The fourth-order valence-corrected chi connectivity index (χ4v) is 2.64. The van der Waals surface area contributed by atoms with Crippen LogP contribution in [0.15, 0.2) is 18.6 Å². The molecular weight excluding hydrogens is 282 g/mol. The number of aromatic nitrogens is 6. The van der Waals surface area contributed by atoms with E-state index in [1.54, 1.807) is 12.3 Å². The lowest BCUT2D eigenvalue weighted by Gasteiger charge is -2.26. The molecule has 116 valence electrons. The summed E-state index contributed by atoms with van der Waals surface area (Å²) in [6.07, 6.45) is 7.47. The van der Waals surface area contributed by atoms with E-state index in [4.69, 9.17) is 0 Å². The predicted molar refractivity (Wildman–Crippen MR) is 78.4 cm³/mol. The number of hydrogen-bond acceptors (Lipinski definition) is 6. The quantitative estimate of drug-likeness (QED) is 0.898. The van der Waals surface area contributed by atoms with E-state index in [1.165, 1.54) is 24.0 Å². The van der Waals surface area contributed by atoms with Crippen LogP contribution in [0.25, 0.3) is 11.5 Å². The van der Waals surface area contributed by atoms with Gasteiger partial charge in [0.05, 0.1) is 0 Å². The summed E-state index contributed by atoms with van der Waals surface area (Å²) in [7, 11) is 0. The maximum Gasteiger partial charge on any atom is 0.243 e. The average molecular weight is 301 g/mol. The summed E-state index contributed by atoms with van der Waals surface area (Å²) in [6, 6.07) is 1.97. The molecule has 0 bridgehead atoms. The van der Waals surface area contributed by atoms with Gasteiger partial charge in [-0.2, -0.15) is 4.80 Å². The van der Waals surface area contributed by atoms with Crippen LogP contribution in [0, 0.1) is 5.92 Å². The third kappa shape index (κ3) is 3.63. The first kappa shape index (κ1) is 14.6. The Hall–Kier alpha value is -2.38. The summed E-state index contributed by atoms with van der Waals surface area (Å²) in [4.78, 5) is 21.2. The molecule has 0 radical (unpaired) electrons. The Labute approximate surface area is 128 Å². The number of nitrogens with zero attached hydrogens (tertiary/aromatic N) is 6. The van der Waals surface area contributed by atoms with Crippen LogP contribution < -0.4 is 5.32 Å². The van der Waals surface area contributed by atoms with Crippen LogP contribution in [-0.2, 0) is 11.3 Å². The molecule has 3 rings (SSSR count). The number of tetrazole rings is 1. The van der Waals surface area contributed by atoms with Gasteiger partial charge in [0.15, 0.2) is 0 Å². The molecule has 2 aromatic heterocycles. The molecule has 8 nitrogen and oxygen atoms in total. The molecule has 0 aliphatic heterocycles. The average Bonchev–Trinajstić information content (AvgIpc) is 2.99. The van der Waals surface area contributed by atoms with Crippen LogP contribution >= 0.6 is 0 Å². The lowest BCUT2D eigenvalue weighted by Crippen LogP contribution is -2.39. The number of amides is 1. The van der Waals surface area contributed by atoms with Crippen molar-refractivity contribution in [2.75, 3.05) is 0 Å². The summed E-state index contributed by atoms with van der Waals surface area (Å²) < 4.78 is 0. The van der Waals surface area contributed by atoms with Gasteiger partial charge < -0.3 is 5.32 Å². The smallest absolute Gasteiger partial charge is 0.243 e. The van der Waals surface area contributed by atoms with Gasteiger partial charge in [0, 0.05) is 12.2 Å². The molecule has 2 aromatic rings. The van der Waals surface area contributed by atoms with Gasteiger partial charge in [-0.1, -0.05) is 6.92 Å². The first-order valence-corrected chi connectivity index (χ1v) is 7.54. The van der Waals surface area contributed by atoms with E-state index >= 15 is 0 Å². The number of carbonyl (C=O) groups excluding carboxylic acids is 1. The van der Waals surface area contributed by atoms with Gasteiger partial charge in [0.1, 0.15) is 18.6 Å². The van der Waals surface area contributed by atoms with Crippen LogP contribution in [0.5, 0.6) is 0 Å². The van der Waals surface area contributed by atoms with Crippen molar-refractivity contribution in [3.05, 3.63) is 18.6 Å². The molecule has 2 heterocycles. The molecular formula is C14H19N7O. The number of rotatable bonds is 4. The van der Waals surface area contributed by atoms with Crippen molar-refractivity contribution in [2.45, 2.75) is 45.2 Å². The molecule has 0 spiro atoms. The van der Waals surface area contributed by atoms with E-state index in [0.717, 1.165) is 18.8 Å². The van der Waals surface area contributed by atoms with Gasteiger partial charge in [0.2, 0.25) is 11.7 Å². The minimum atomic E-state index is -0.0776. The lowest BCUT2D eigenvalue weighted by atomic mass is 9.87. The highest BCUT2D eigenvalue weighted by atomic mass is 16.2. The second kappa shape index (κ2) is 6.59. The number of carbonyl (C=O) groups is 1. The van der Waals surface area contributed by atoms with Crippen LogP contribution in [-0.4, -0.2) is 42.1 Å². The van der Waals surface area contributed by atoms with Gasteiger partial charge in [0.25, 0.3) is 0 Å². The van der Waals surface area contributed by atoms with Crippen LogP contribution in [0.4, 0.5) is 0 Å². The Morgan fingerprint density at radius 1 is 1.36 bits per heavy atom. The van der Waals surface area contributed by atoms with Crippen molar-refractivity contribution in [3.8, 4) is 11.5 Å². The molecule has 1 aliphatic rings. The maximum atomic E-state index is 12.0. The van der Waals surface area contributed by atoms with Gasteiger partial charge in [-0.25, -0.2) is 9.97 Å². The van der Waals surface area contributed by atoms with Gasteiger partial charge in [-0.05, 0) is 42.9 Å². The molecule has 0 unspecified atom stereocenters. The zero-order valence-electron chi connectivity index (χ0n) is 12.5. The molecule has 0 aromatic carbocycles. The Bertz CT molecular complexity index is 619. The van der Waals surface area contributed by atoms with E-state index in [-0.39, 0.29) is 18.5 Å². The first-order valence-electron chi connectivity index (χ1n) is 7.54. The molecule has 0 saturated heterocycles. The zero-order valence-corrected chi connectivity index (χ0v) is 12.5. The van der Waals surface area contributed by atoms with Crippen molar-refractivity contribution >= 4 is 5.91 Å². The summed E-state index contributed by atoms with van der Waals surface area (Å²) >= 11 is 0. The van der Waals surface area contributed by atoms with Crippen LogP contribution in [0.1, 0.15) is 32.6 Å². The highest BCUT2D eigenvalue weighted by Crippen LogP contribution is 2.23. The number of nitrogens with one attached hydrogen (secondary N) is 1. The van der Waals surface area contributed by atoms with Gasteiger partial charge in [-0.3, -0.25) is 4.79 Å². The molecule has 22 heavy (non-hydrogen) atoms. The van der Waals surface area contributed by atoms with E-state index in [1.807, 2.05) is 0 Å². The summed E-state index contributed by atoms with van der Waals surface area (Å²) in [5, 5.41) is 15.0. The Morgan fingerprint density at radius 3 is 2.91 bits per heavy atom. The standard InChI is InChI=1S/C14H19N7O/c1-10-2-4-11(5-3-10)17-13(22)8-21-19-14(18-20-21)12-6-7-15-9-16-12/h6-7,9-11H,2-5,8H2,1H3,(H,17,22). The topological polar surface area (TPSA) is 98.5 Å². The lowest BCUT2D eigenvalue weighted by molar-refractivity contribution is -0.123.